The quantitative estimate of drug-likeness (QED) is 0.116. The lowest BCUT2D eigenvalue weighted by molar-refractivity contribution is -0.136. The van der Waals surface area contributed by atoms with Crippen molar-refractivity contribution in [1.82, 2.24) is 19.5 Å². The second kappa shape index (κ2) is 14.7. The molecule has 0 aliphatic carbocycles. The highest BCUT2D eigenvalue weighted by Gasteiger charge is 2.68. The van der Waals surface area contributed by atoms with E-state index < -0.39 is 47.9 Å². The summed E-state index contributed by atoms with van der Waals surface area (Å²) in [4.78, 5) is 40.7. The lowest BCUT2D eigenvalue weighted by atomic mass is 9.57. The standard InChI is InChI=1S/C43H36N6O6/c50-26-33-35(51)43(54,42(30-20-10-3-11-21-30,31-22-12-4-13-23-31)32-24-14-5-15-25-32)40(55-33)49-27-44-34-36(45-38(52)28-16-6-1-7-17-28)46-41(47-37(34)49)48-39(53)29-18-8-2-9-19-29/h1-25,27,33,35,40,50-51,54H,26H2,(H2,45,46,47,48,52,53)/t33-,35-,40-,43-/m1/s1. The van der Waals surface area contributed by atoms with Gasteiger partial charge in [0, 0.05) is 11.1 Å². The fourth-order valence-corrected chi connectivity index (χ4v) is 7.62. The van der Waals surface area contributed by atoms with Crippen LogP contribution < -0.4 is 10.6 Å². The van der Waals surface area contributed by atoms with Gasteiger partial charge in [0.2, 0.25) is 5.95 Å². The van der Waals surface area contributed by atoms with Crippen LogP contribution in [0.2, 0.25) is 0 Å². The Hall–Kier alpha value is -6.57. The van der Waals surface area contributed by atoms with Crippen LogP contribution in [0.3, 0.4) is 0 Å². The van der Waals surface area contributed by atoms with Crippen molar-refractivity contribution in [3.63, 3.8) is 0 Å². The third kappa shape index (κ3) is 6.03. The maximum Gasteiger partial charge on any atom is 0.258 e. The lowest BCUT2D eigenvalue weighted by Crippen LogP contribution is -2.62. The zero-order valence-electron chi connectivity index (χ0n) is 29.3. The summed E-state index contributed by atoms with van der Waals surface area (Å²) in [5.74, 6) is -1.20. The SMILES string of the molecule is O=C(Nc1nc(NC(=O)c2ccccc2)c2ncn([C@@H]3O[C@H](CO)[C@@H](O)[C@]3(O)C(c3ccccc3)(c3ccccc3)c3ccccc3)c2n1)c1ccccc1. The summed E-state index contributed by atoms with van der Waals surface area (Å²) in [6.45, 7) is -0.632. The lowest BCUT2D eigenvalue weighted by Gasteiger charge is -2.50. The van der Waals surface area contributed by atoms with E-state index in [9.17, 15) is 24.9 Å². The molecule has 12 nitrogen and oxygen atoms in total. The van der Waals surface area contributed by atoms with Gasteiger partial charge in [-0.2, -0.15) is 9.97 Å². The molecular weight excluding hydrogens is 697 g/mol. The molecule has 5 N–H and O–H groups in total. The Morgan fingerprint density at radius 1 is 0.691 bits per heavy atom. The van der Waals surface area contributed by atoms with Crippen molar-refractivity contribution in [1.29, 1.82) is 0 Å². The maximum atomic E-state index is 13.7. The molecule has 1 saturated heterocycles. The van der Waals surface area contributed by atoms with Crippen molar-refractivity contribution in [2.24, 2.45) is 0 Å². The van der Waals surface area contributed by atoms with Crippen molar-refractivity contribution in [2.45, 2.75) is 29.5 Å². The van der Waals surface area contributed by atoms with E-state index in [1.807, 2.05) is 91.0 Å². The molecule has 0 spiro atoms. The van der Waals surface area contributed by atoms with Crippen LogP contribution in [0.15, 0.2) is 158 Å². The number of carbonyl (C=O) groups excluding carboxylic acids is 2. The number of fused-ring (bicyclic) bond motifs is 1. The van der Waals surface area contributed by atoms with Gasteiger partial charge in [-0.25, -0.2) is 4.98 Å². The fraction of sp³-hybridized carbons (Fsp3) is 0.140. The zero-order chi connectivity index (χ0) is 38.0. The first-order valence-electron chi connectivity index (χ1n) is 17.7. The Labute approximate surface area is 315 Å². The van der Waals surface area contributed by atoms with Crippen LogP contribution in [0, 0.1) is 0 Å². The number of rotatable bonds is 10. The molecular formula is C43H36N6O6. The van der Waals surface area contributed by atoms with Crippen molar-refractivity contribution in [3.8, 4) is 0 Å². The van der Waals surface area contributed by atoms with E-state index >= 15 is 0 Å². The Morgan fingerprint density at radius 3 is 1.62 bits per heavy atom. The van der Waals surface area contributed by atoms with E-state index in [2.05, 4.69) is 20.6 Å². The summed E-state index contributed by atoms with van der Waals surface area (Å²) in [5.41, 5.74) is -1.07. The Balaban J connectivity index is 1.37. The van der Waals surface area contributed by atoms with Crippen molar-refractivity contribution >= 4 is 34.7 Å². The molecule has 274 valence electrons. The van der Waals surface area contributed by atoms with E-state index in [1.165, 1.54) is 10.9 Å². The third-order valence-corrected chi connectivity index (χ3v) is 10.1. The largest absolute Gasteiger partial charge is 0.394 e. The van der Waals surface area contributed by atoms with Gasteiger partial charge in [0.05, 0.1) is 18.3 Å². The van der Waals surface area contributed by atoms with Crippen LogP contribution in [-0.2, 0) is 10.2 Å². The van der Waals surface area contributed by atoms with E-state index in [0.29, 0.717) is 27.8 Å². The van der Waals surface area contributed by atoms with Gasteiger partial charge < -0.3 is 25.4 Å². The molecule has 0 radical (unpaired) electrons. The van der Waals surface area contributed by atoms with Gasteiger partial charge in [0.25, 0.3) is 11.8 Å². The number of carbonyl (C=O) groups is 2. The summed E-state index contributed by atoms with van der Waals surface area (Å²) in [6.07, 6.45) is -3.06. The Morgan fingerprint density at radius 2 is 1.15 bits per heavy atom. The molecule has 1 fully saturated rings. The average molecular weight is 733 g/mol. The molecule has 0 saturated carbocycles. The van der Waals surface area contributed by atoms with Crippen LogP contribution in [-0.4, -0.2) is 71.1 Å². The van der Waals surface area contributed by atoms with E-state index in [4.69, 9.17) is 9.72 Å². The molecule has 55 heavy (non-hydrogen) atoms. The molecule has 7 aromatic rings. The minimum Gasteiger partial charge on any atom is -0.394 e. The van der Waals surface area contributed by atoms with Gasteiger partial charge in [0.15, 0.2) is 28.8 Å². The number of hydrogen-bond donors (Lipinski definition) is 5. The van der Waals surface area contributed by atoms with Gasteiger partial charge in [0.1, 0.15) is 12.2 Å². The summed E-state index contributed by atoms with van der Waals surface area (Å²) >= 11 is 0. The van der Waals surface area contributed by atoms with Crippen LogP contribution in [0.1, 0.15) is 43.6 Å². The minimum absolute atomic E-state index is 0.0257. The normalized spacial score (nSPS) is 19.6. The highest BCUT2D eigenvalue weighted by Crippen LogP contribution is 2.57. The van der Waals surface area contributed by atoms with Gasteiger partial charge in [-0.05, 0) is 41.0 Å². The molecule has 1 aliphatic rings. The summed E-state index contributed by atoms with van der Waals surface area (Å²) in [6, 6.07) is 44.9. The third-order valence-electron chi connectivity index (χ3n) is 10.1. The van der Waals surface area contributed by atoms with Crippen molar-refractivity contribution in [3.05, 3.63) is 186 Å². The molecule has 8 rings (SSSR count). The zero-order valence-corrected chi connectivity index (χ0v) is 29.3. The number of hydrogen-bond acceptors (Lipinski definition) is 9. The number of amides is 2. The predicted octanol–water partition coefficient (Wildman–Crippen LogP) is 5.35. The van der Waals surface area contributed by atoms with Crippen LogP contribution in [0.25, 0.3) is 11.2 Å². The molecule has 2 amide bonds. The first-order valence-corrected chi connectivity index (χ1v) is 17.7. The van der Waals surface area contributed by atoms with E-state index in [-0.39, 0.29) is 22.9 Å². The number of aliphatic hydroxyl groups excluding tert-OH is 2. The number of nitrogens with zero attached hydrogens (tertiary/aromatic N) is 4. The van der Waals surface area contributed by atoms with E-state index in [0.717, 1.165) is 0 Å². The highest BCUT2D eigenvalue weighted by atomic mass is 16.6. The monoisotopic (exact) mass is 732 g/mol. The van der Waals surface area contributed by atoms with Crippen LogP contribution >= 0.6 is 0 Å². The maximum absolute atomic E-state index is 13.7. The average Bonchev–Trinajstić information content (AvgIpc) is 3.77. The molecule has 0 unspecified atom stereocenters. The number of nitrogens with one attached hydrogen (secondary N) is 2. The highest BCUT2D eigenvalue weighted by molar-refractivity contribution is 6.08. The fourth-order valence-electron chi connectivity index (χ4n) is 7.62. The van der Waals surface area contributed by atoms with Crippen LogP contribution in [0.5, 0.6) is 0 Å². The Bertz CT molecular complexity index is 2340. The smallest absolute Gasteiger partial charge is 0.258 e. The van der Waals surface area contributed by atoms with Gasteiger partial charge in [-0.15, -0.1) is 0 Å². The number of aliphatic hydroxyl groups is 3. The molecule has 1 aliphatic heterocycles. The second-order valence-corrected chi connectivity index (χ2v) is 13.2. The van der Waals surface area contributed by atoms with Gasteiger partial charge in [-0.3, -0.25) is 19.5 Å². The minimum atomic E-state index is -2.29. The van der Waals surface area contributed by atoms with E-state index in [1.54, 1.807) is 60.7 Å². The number of imidazole rings is 1. The number of anilines is 2. The number of ether oxygens (including phenoxy) is 1. The number of aromatic nitrogens is 4. The molecule has 4 atom stereocenters. The summed E-state index contributed by atoms with van der Waals surface area (Å²) in [7, 11) is 0. The predicted molar refractivity (Wildman–Crippen MR) is 205 cm³/mol. The summed E-state index contributed by atoms with van der Waals surface area (Å²) < 4.78 is 7.92. The topological polar surface area (TPSA) is 172 Å². The summed E-state index contributed by atoms with van der Waals surface area (Å²) in [5, 5.41) is 42.2. The molecule has 5 aromatic carbocycles. The van der Waals surface area contributed by atoms with Crippen molar-refractivity contribution < 1.29 is 29.6 Å². The second-order valence-electron chi connectivity index (χ2n) is 13.2. The first-order chi connectivity index (χ1) is 26.9. The number of benzene rings is 5. The van der Waals surface area contributed by atoms with Gasteiger partial charge in [-0.1, -0.05) is 127 Å². The molecule has 3 heterocycles. The van der Waals surface area contributed by atoms with Crippen LogP contribution in [0.4, 0.5) is 11.8 Å². The Kier molecular flexibility index (Phi) is 9.47. The van der Waals surface area contributed by atoms with Gasteiger partial charge >= 0.3 is 0 Å². The molecule has 2 aromatic heterocycles. The van der Waals surface area contributed by atoms with Crippen molar-refractivity contribution in [2.75, 3.05) is 17.2 Å². The first kappa shape index (κ1) is 35.5. The molecule has 12 heteroatoms. The molecule has 0 bridgehead atoms.